The average Bonchev–Trinajstić information content (AvgIpc) is 3.60. The molecule has 0 saturated carbocycles. The first-order chi connectivity index (χ1) is 20.8. The smallest absolute Gasteiger partial charge is 0.349 e. The Labute approximate surface area is 267 Å². The lowest BCUT2D eigenvalue weighted by Crippen LogP contribution is -2.43. The van der Waals surface area contributed by atoms with E-state index in [9.17, 15) is 40.4 Å². The fourth-order valence-corrected chi connectivity index (χ4v) is 7.36. The van der Waals surface area contributed by atoms with Crippen LogP contribution in [0.5, 0.6) is 0 Å². The summed E-state index contributed by atoms with van der Waals surface area (Å²) in [6.45, 7) is 4.02. The molecule has 12 nitrogen and oxygen atoms in total. The van der Waals surface area contributed by atoms with Crippen LogP contribution in [0.1, 0.15) is 59.7 Å². The number of rotatable bonds is 9. The summed E-state index contributed by atoms with van der Waals surface area (Å²) in [6, 6.07) is -0.393. The lowest BCUT2D eigenvalue weighted by atomic mass is 9.92. The quantitative estimate of drug-likeness (QED) is 0.276. The molecule has 4 rings (SSSR count). The first-order valence-corrected chi connectivity index (χ1v) is 16.2. The summed E-state index contributed by atoms with van der Waals surface area (Å²) in [5.74, 6) is -2.00. The van der Waals surface area contributed by atoms with Gasteiger partial charge in [-0.1, -0.05) is 48.3 Å². The van der Waals surface area contributed by atoms with Gasteiger partial charge in [0.05, 0.1) is 14.9 Å². The van der Waals surface area contributed by atoms with Crippen LogP contribution in [0.3, 0.4) is 0 Å². The highest BCUT2D eigenvalue weighted by Crippen LogP contribution is 2.42. The van der Waals surface area contributed by atoms with E-state index in [0.717, 1.165) is 23.5 Å². The summed E-state index contributed by atoms with van der Waals surface area (Å²) in [6.07, 6.45) is -5.80. The number of sulfonamides is 1. The fourth-order valence-electron chi connectivity index (χ4n) is 4.21. The molecule has 1 aliphatic rings. The van der Waals surface area contributed by atoms with Crippen LogP contribution in [0, 0.1) is 0 Å². The van der Waals surface area contributed by atoms with Gasteiger partial charge in [0.25, 0.3) is 11.8 Å². The van der Waals surface area contributed by atoms with Gasteiger partial charge in [0.2, 0.25) is 10.0 Å². The maximum Gasteiger partial charge on any atom is 0.438 e. The molecular weight excluding hydrogens is 691 g/mol. The highest BCUT2D eigenvalue weighted by atomic mass is 35.5. The number of halogens is 6. The number of carbonyl (C=O) groups is 2. The van der Waals surface area contributed by atoms with Gasteiger partial charge in [0.15, 0.2) is 10.8 Å². The number of thiazole rings is 1. The summed E-state index contributed by atoms with van der Waals surface area (Å²) >= 11 is 13.4. The first-order valence-electron chi connectivity index (χ1n) is 13.2. The van der Waals surface area contributed by atoms with Crippen LogP contribution >= 0.6 is 34.5 Å². The Bertz CT molecular complexity index is 1770. The maximum absolute atomic E-state index is 13.8. The Kier molecular flexibility index (Phi) is 10.0. The van der Waals surface area contributed by atoms with Gasteiger partial charge in [-0.3, -0.25) is 19.1 Å². The van der Waals surface area contributed by atoms with Gasteiger partial charge in [0.1, 0.15) is 22.8 Å². The number of alkyl halides is 4. The molecule has 1 saturated heterocycles. The number of carbonyl (C=O) groups excluding carboxylic acids is 2. The number of likely N-dealkylation sites (tertiary alicyclic amines) is 1. The molecular formula is C25H26Cl2F4N6O6S2. The molecule has 45 heavy (non-hydrogen) atoms. The Morgan fingerprint density at radius 1 is 1.20 bits per heavy atom. The summed E-state index contributed by atoms with van der Waals surface area (Å²) in [5, 5.41) is 5.01. The molecule has 1 aromatic carbocycles. The monoisotopic (exact) mass is 716 g/mol. The van der Waals surface area contributed by atoms with Gasteiger partial charge in [-0.2, -0.15) is 17.9 Å². The van der Waals surface area contributed by atoms with Crippen molar-refractivity contribution >= 4 is 56.4 Å². The standard InChI is InChI=1S/C25H26Cl2F4N6O6S2/c1-11(25(29,30)31)36-45(41,42)14-5-4-13(15(26)16(14)27)18-17(21(39)37-8-6-12(28)7-9-37)33-20(44-18)19(38)32-10-24(2,3)22-34-23(40)43-35-22/h4-5,11-12,36H,6-10H2,1-3H3,(H,32,38)(H,34,35,40)/t11-/m0/s1. The topological polar surface area (TPSA) is 167 Å². The number of nitrogens with zero attached hydrogens (tertiary/aromatic N) is 3. The van der Waals surface area contributed by atoms with Crippen molar-refractivity contribution in [3.63, 3.8) is 0 Å². The number of H-pyrrole nitrogens is 1. The second kappa shape index (κ2) is 13.0. The molecule has 0 aliphatic carbocycles. The molecule has 0 unspecified atom stereocenters. The summed E-state index contributed by atoms with van der Waals surface area (Å²) in [5.41, 5.74) is -1.17. The van der Waals surface area contributed by atoms with E-state index in [4.69, 9.17) is 23.2 Å². The second-order valence-electron chi connectivity index (χ2n) is 10.8. The Balaban J connectivity index is 1.71. The van der Waals surface area contributed by atoms with Gasteiger partial charge in [-0.15, -0.1) is 11.3 Å². The molecule has 0 bridgehead atoms. The zero-order valence-corrected chi connectivity index (χ0v) is 26.9. The highest BCUT2D eigenvalue weighted by Gasteiger charge is 2.40. The van der Waals surface area contributed by atoms with Crippen molar-refractivity contribution in [3.05, 3.63) is 49.3 Å². The van der Waals surface area contributed by atoms with Crippen LogP contribution in [-0.4, -0.2) is 78.3 Å². The largest absolute Gasteiger partial charge is 0.438 e. The molecule has 1 atom stereocenters. The highest BCUT2D eigenvalue weighted by molar-refractivity contribution is 7.89. The van der Waals surface area contributed by atoms with Crippen molar-refractivity contribution in [3.8, 4) is 10.4 Å². The van der Waals surface area contributed by atoms with Crippen LogP contribution in [0.25, 0.3) is 10.4 Å². The van der Waals surface area contributed by atoms with E-state index in [1.54, 1.807) is 13.8 Å². The lowest BCUT2D eigenvalue weighted by molar-refractivity contribution is -0.147. The van der Waals surface area contributed by atoms with Crippen molar-refractivity contribution in [2.24, 2.45) is 0 Å². The first kappa shape index (κ1) is 34.8. The number of aromatic amines is 1. The predicted octanol–water partition coefficient (Wildman–Crippen LogP) is 4.30. The van der Waals surface area contributed by atoms with E-state index < -0.39 is 66.3 Å². The van der Waals surface area contributed by atoms with Crippen molar-refractivity contribution < 1.29 is 40.1 Å². The van der Waals surface area contributed by atoms with Crippen molar-refractivity contribution in [2.75, 3.05) is 19.6 Å². The molecule has 3 N–H and O–H groups in total. The summed E-state index contributed by atoms with van der Waals surface area (Å²) in [4.78, 5) is 45.4. The molecule has 2 aromatic heterocycles. The van der Waals surface area contributed by atoms with Crippen molar-refractivity contribution in [1.29, 1.82) is 0 Å². The maximum atomic E-state index is 13.8. The fraction of sp³-hybridized carbons (Fsp3) is 0.480. The summed E-state index contributed by atoms with van der Waals surface area (Å²) < 4.78 is 84.3. The third kappa shape index (κ3) is 7.67. The molecule has 246 valence electrons. The number of hydrogen-bond acceptors (Lipinski definition) is 9. The van der Waals surface area contributed by atoms with Gasteiger partial charge >= 0.3 is 11.9 Å². The van der Waals surface area contributed by atoms with Crippen LogP contribution in [0.4, 0.5) is 17.6 Å². The second-order valence-corrected chi connectivity index (χ2v) is 14.2. The number of benzene rings is 1. The van der Waals surface area contributed by atoms with Gasteiger partial charge in [0, 0.05) is 30.6 Å². The van der Waals surface area contributed by atoms with E-state index in [-0.39, 0.29) is 59.4 Å². The van der Waals surface area contributed by atoms with E-state index in [2.05, 4.69) is 25.0 Å². The Hall–Kier alpha value is -3.06. The zero-order chi connectivity index (χ0) is 33.5. The van der Waals surface area contributed by atoms with E-state index >= 15 is 0 Å². The minimum atomic E-state index is -4.88. The molecule has 0 radical (unpaired) electrons. The van der Waals surface area contributed by atoms with Crippen LogP contribution in [-0.2, 0) is 15.4 Å². The minimum Gasteiger partial charge on any atom is -0.349 e. The van der Waals surface area contributed by atoms with Crippen LogP contribution in [0.2, 0.25) is 10.0 Å². The van der Waals surface area contributed by atoms with Gasteiger partial charge in [-0.25, -0.2) is 22.6 Å². The molecule has 20 heteroatoms. The number of hydrogen-bond donors (Lipinski definition) is 3. The van der Waals surface area contributed by atoms with E-state index in [1.807, 2.05) is 0 Å². The van der Waals surface area contributed by atoms with Crippen LogP contribution < -0.4 is 15.8 Å². The Morgan fingerprint density at radius 3 is 2.42 bits per heavy atom. The minimum absolute atomic E-state index is 0.0140. The van der Waals surface area contributed by atoms with Gasteiger partial charge < -0.3 is 10.2 Å². The lowest BCUT2D eigenvalue weighted by Gasteiger charge is -2.28. The zero-order valence-electron chi connectivity index (χ0n) is 23.7. The van der Waals surface area contributed by atoms with Gasteiger partial charge in [-0.05, 0) is 25.8 Å². The number of piperidine rings is 1. The number of amides is 2. The number of aromatic nitrogens is 3. The third-order valence-electron chi connectivity index (χ3n) is 6.91. The van der Waals surface area contributed by atoms with E-state index in [1.165, 1.54) is 9.62 Å². The molecule has 1 aliphatic heterocycles. The molecule has 3 aromatic rings. The SMILES string of the molecule is C[C@H](NS(=O)(=O)c1ccc(-c2sc(C(=O)NCC(C)(C)c3noc(=O)[nH]3)nc2C(=O)N2CCC(F)CC2)c(Cl)c1Cl)C(F)(F)F. The summed E-state index contributed by atoms with van der Waals surface area (Å²) in [7, 11) is -4.80. The Morgan fingerprint density at radius 2 is 1.84 bits per heavy atom. The normalized spacial score (nSPS) is 15.7. The van der Waals surface area contributed by atoms with E-state index in [0.29, 0.717) is 6.92 Å². The van der Waals surface area contributed by atoms with Crippen molar-refractivity contribution in [1.82, 2.24) is 30.1 Å². The molecule has 3 heterocycles. The molecule has 2 amide bonds. The van der Waals surface area contributed by atoms with Crippen molar-refractivity contribution in [2.45, 2.75) is 62.3 Å². The number of nitrogens with one attached hydrogen (secondary N) is 3. The predicted molar refractivity (Wildman–Crippen MR) is 156 cm³/mol. The molecule has 1 fully saturated rings. The average molecular weight is 718 g/mol. The third-order valence-corrected chi connectivity index (χ3v) is 10.6. The van der Waals surface area contributed by atoms with Crippen LogP contribution in [0.15, 0.2) is 26.3 Å². The molecule has 0 spiro atoms.